The number of carbonyl (C=O) groups is 1. The number of phosphoric acid groups is 1. The Morgan fingerprint density at radius 1 is 0.808 bits per heavy atom. The van der Waals surface area contributed by atoms with Crippen molar-refractivity contribution in [2.75, 3.05) is 13.2 Å². The first-order valence-electron chi connectivity index (χ1n) is 10.3. The first kappa shape index (κ1) is 25.6. The van der Waals surface area contributed by atoms with Crippen molar-refractivity contribution in [3.05, 3.63) is 0 Å². The number of esters is 1. The van der Waals surface area contributed by atoms with E-state index in [0.29, 0.717) is 0 Å². The Kier molecular flexibility index (Phi) is 16.5. The van der Waals surface area contributed by atoms with E-state index in [9.17, 15) is 9.36 Å². The van der Waals surface area contributed by atoms with Crippen molar-refractivity contribution in [1.29, 1.82) is 0 Å². The van der Waals surface area contributed by atoms with E-state index in [2.05, 4.69) is 11.4 Å². The van der Waals surface area contributed by atoms with E-state index >= 15 is 0 Å². The third kappa shape index (κ3) is 17.0. The van der Waals surface area contributed by atoms with E-state index < -0.39 is 7.82 Å². The van der Waals surface area contributed by atoms with Crippen molar-refractivity contribution >= 4 is 13.8 Å². The molecule has 0 aromatic carbocycles. The Bertz CT molecular complexity index is 382. The molecule has 0 heterocycles. The Balaban J connectivity index is 3.74. The van der Waals surface area contributed by atoms with Crippen LogP contribution < -0.4 is 0 Å². The van der Waals surface area contributed by atoms with Gasteiger partial charge in [-0.05, 0) is 12.8 Å². The molecule has 0 saturated heterocycles. The summed E-state index contributed by atoms with van der Waals surface area (Å²) >= 11 is 0. The van der Waals surface area contributed by atoms with Crippen molar-refractivity contribution in [3.63, 3.8) is 0 Å². The zero-order chi connectivity index (χ0) is 19.7. The molecule has 0 aromatic rings. The van der Waals surface area contributed by atoms with Crippen LogP contribution in [0.3, 0.4) is 0 Å². The van der Waals surface area contributed by atoms with Gasteiger partial charge in [-0.3, -0.25) is 9.32 Å². The monoisotopic (exact) mass is 394 g/mol. The number of hydrogen-bond donors (Lipinski definition) is 2. The second-order valence-electron chi connectivity index (χ2n) is 6.95. The van der Waals surface area contributed by atoms with Crippen molar-refractivity contribution < 1.29 is 28.4 Å². The molecule has 0 fully saturated rings. The van der Waals surface area contributed by atoms with Gasteiger partial charge in [0.25, 0.3) is 0 Å². The van der Waals surface area contributed by atoms with Crippen molar-refractivity contribution in [1.82, 2.24) is 0 Å². The number of carbonyl (C=O) groups excluding carboxylic acids is 1. The standard InChI is InChI=1S/C19H39O6P/c1-3-5-6-7-8-9-10-11-12-13-15-18(14-4-2)19(20)24-16-17-25-26(21,22)23/h18H,3-17H2,1-2H3,(H2,21,22,23). The molecule has 0 aliphatic heterocycles. The lowest BCUT2D eigenvalue weighted by Gasteiger charge is -2.15. The van der Waals surface area contributed by atoms with Crippen molar-refractivity contribution in [2.24, 2.45) is 5.92 Å². The molecule has 0 spiro atoms. The van der Waals surface area contributed by atoms with E-state index in [4.69, 9.17) is 14.5 Å². The van der Waals surface area contributed by atoms with Gasteiger partial charge in [0.05, 0.1) is 12.5 Å². The Morgan fingerprint density at radius 3 is 1.85 bits per heavy atom. The highest BCUT2D eigenvalue weighted by Gasteiger charge is 2.19. The largest absolute Gasteiger partial charge is 0.469 e. The van der Waals surface area contributed by atoms with Gasteiger partial charge in [-0.15, -0.1) is 0 Å². The Hall–Kier alpha value is -0.420. The molecule has 0 aromatic heterocycles. The Labute approximate surface area is 159 Å². The first-order valence-corrected chi connectivity index (χ1v) is 11.8. The van der Waals surface area contributed by atoms with E-state index in [-0.39, 0.29) is 25.1 Å². The molecule has 26 heavy (non-hydrogen) atoms. The number of ether oxygens (including phenoxy) is 1. The number of phosphoric ester groups is 1. The number of hydrogen-bond acceptors (Lipinski definition) is 4. The molecule has 156 valence electrons. The van der Waals surface area contributed by atoms with Crippen LogP contribution in [0.5, 0.6) is 0 Å². The summed E-state index contributed by atoms with van der Waals surface area (Å²) in [5.74, 6) is -0.402. The quantitative estimate of drug-likeness (QED) is 0.184. The average Bonchev–Trinajstić information content (AvgIpc) is 2.58. The number of unbranched alkanes of at least 4 members (excludes halogenated alkanes) is 9. The fraction of sp³-hybridized carbons (Fsp3) is 0.947. The van der Waals surface area contributed by atoms with Gasteiger partial charge in [0, 0.05) is 0 Å². The molecule has 2 N–H and O–H groups in total. The van der Waals surface area contributed by atoms with Crippen LogP contribution >= 0.6 is 7.82 Å². The Morgan fingerprint density at radius 2 is 1.35 bits per heavy atom. The van der Waals surface area contributed by atoms with Gasteiger partial charge in [-0.1, -0.05) is 84.5 Å². The zero-order valence-electron chi connectivity index (χ0n) is 16.7. The molecule has 0 aliphatic carbocycles. The molecule has 1 unspecified atom stereocenters. The third-order valence-electron chi connectivity index (χ3n) is 4.46. The second-order valence-corrected chi connectivity index (χ2v) is 8.19. The molecule has 1 atom stereocenters. The van der Waals surface area contributed by atoms with Crippen LogP contribution in [-0.2, 0) is 18.6 Å². The highest BCUT2D eigenvalue weighted by Crippen LogP contribution is 2.35. The predicted octanol–water partition coefficient (Wildman–Crippen LogP) is 5.37. The van der Waals surface area contributed by atoms with E-state index in [0.717, 1.165) is 32.1 Å². The summed E-state index contributed by atoms with van der Waals surface area (Å²) in [4.78, 5) is 29.2. The minimum Gasteiger partial charge on any atom is -0.463 e. The van der Waals surface area contributed by atoms with Crippen LogP contribution in [0, 0.1) is 5.92 Å². The summed E-state index contributed by atoms with van der Waals surface area (Å²) < 4.78 is 19.9. The molecule has 0 amide bonds. The van der Waals surface area contributed by atoms with Gasteiger partial charge < -0.3 is 14.5 Å². The fourth-order valence-corrected chi connectivity index (χ4v) is 3.34. The smallest absolute Gasteiger partial charge is 0.463 e. The minimum absolute atomic E-state index is 0.121. The molecular formula is C19H39O6P. The third-order valence-corrected chi connectivity index (χ3v) is 4.98. The molecule has 0 bridgehead atoms. The lowest BCUT2D eigenvalue weighted by molar-refractivity contribution is -0.150. The summed E-state index contributed by atoms with van der Waals surface area (Å²) in [6, 6.07) is 0. The minimum atomic E-state index is -4.49. The maximum Gasteiger partial charge on any atom is 0.469 e. The van der Waals surface area contributed by atoms with Gasteiger partial charge in [0.1, 0.15) is 6.61 Å². The van der Waals surface area contributed by atoms with Gasteiger partial charge in [0.15, 0.2) is 0 Å². The van der Waals surface area contributed by atoms with Crippen LogP contribution in [0.15, 0.2) is 0 Å². The molecular weight excluding hydrogens is 355 g/mol. The van der Waals surface area contributed by atoms with Gasteiger partial charge >= 0.3 is 13.8 Å². The lowest BCUT2D eigenvalue weighted by atomic mass is 9.96. The molecule has 0 rings (SSSR count). The lowest BCUT2D eigenvalue weighted by Crippen LogP contribution is -2.20. The van der Waals surface area contributed by atoms with Gasteiger partial charge in [0.2, 0.25) is 0 Å². The van der Waals surface area contributed by atoms with E-state index in [1.54, 1.807) is 0 Å². The van der Waals surface area contributed by atoms with Crippen LogP contribution in [0.1, 0.15) is 97.3 Å². The highest BCUT2D eigenvalue weighted by atomic mass is 31.2. The zero-order valence-corrected chi connectivity index (χ0v) is 17.6. The maximum atomic E-state index is 12.1. The van der Waals surface area contributed by atoms with Gasteiger partial charge in [-0.2, -0.15) is 0 Å². The predicted molar refractivity (Wildman–Crippen MR) is 104 cm³/mol. The topological polar surface area (TPSA) is 93.1 Å². The SMILES string of the molecule is CCCCCCCCCCCCC(CCC)C(=O)OCCOP(=O)(O)O. The maximum absolute atomic E-state index is 12.1. The van der Waals surface area contributed by atoms with Crippen LogP contribution in [0.25, 0.3) is 0 Å². The fourth-order valence-electron chi connectivity index (χ4n) is 3.02. The summed E-state index contributed by atoms with van der Waals surface area (Å²) in [5.41, 5.74) is 0. The first-order chi connectivity index (χ1) is 12.4. The summed E-state index contributed by atoms with van der Waals surface area (Å²) in [7, 11) is -4.49. The van der Waals surface area contributed by atoms with Crippen LogP contribution in [-0.4, -0.2) is 29.0 Å². The molecule has 0 radical (unpaired) electrons. The second kappa shape index (κ2) is 16.7. The summed E-state index contributed by atoms with van der Waals surface area (Å²) in [6.07, 6.45) is 15.2. The van der Waals surface area contributed by atoms with Crippen molar-refractivity contribution in [3.8, 4) is 0 Å². The van der Waals surface area contributed by atoms with E-state index in [1.165, 1.54) is 51.4 Å². The molecule has 7 heteroatoms. The molecule has 0 saturated carbocycles. The summed E-state index contributed by atoms with van der Waals surface area (Å²) in [5, 5.41) is 0. The summed E-state index contributed by atoms with van der Waals surface area (Å²) in [6.45, 7) is 3.86. The van der Waals surface area contributed by atoms with E-state index in [1.807, 2.05) is 6.92 Å². The number of rotatable bonds is 18. The molecule has 0 aliphatic rings. The van der Waals surface area contributed by atoms with Gasteiger partial charge in [-0.25, -0.2) is 4.57 Å². The van der Waals surface area contributed by atoms with Crippen LogP contribution in [0.4, 0.5) is 0 Å². The average molecular weight is 394 g/mol. The van der Waals surface area contributed by atoms with Crippen LogP contribution in [0.2, 0.25) is 0 Å². The normalized spacial score (nSPS) is 12.9. The highest BCUT2D eigenvalue weighted by molar-refractivity contribution is 7.46. The van der Waals surface area contributed by atoms with Crippen molar-refractivity contribution in [2.45, 2.75) is 97.3 Å². The molecule has 6 nitrogen and oxygen atoms in total.